The molecule has 23 heavy (non-hydrogen) atoms. The maximum Gasteiger partial charge on any atom is 0.167 e. The summed E-state index contributed by atoms with van der Waals surface area (Å²) in [5, 5.41) is 0. The van der Waals surface area contributed by atoms with Crippen molar-refractivity contribution in [2.24, 2.45) is 0 Å². The zero-order chi connectivity index (χ0) is 16.4. The number of aromatic nitrogens is 1. The molecule has 0 bridgehead atoms. The van der Waals surface area contributed by atoms with E-state index in [0.717, 1.165) is 41.5 Å². The lowest BCUT2D eigenvalue weighted by atomic mass is 10.0. The van der Waals surface area contributed by atoms with Gasteiger partial charge in [0.05, 0.1) is 12.8 Å². The second-order valence-electron chi connectivity index (χ2n) is 5.64. The van der Waals surface area contributed by atoms with Crippen molar-refractivity contribution in [2.45, 2.75) is 26.7 Å². The first-order chi connectivity index (χ1) is 11.2. The lowest BCUT2D eigenvalue weighted by Crippen LogP contribution is -1.96. The van der Waals surface area contributed by atoms with Gasteiger partial charge in [-0.3, -0.25) is 4.79 Å². The number of ether oxygens (including phenoxy) is 1. The normalized spacial score (nSPS) is 10.9. The molecule has 0 saturated carbocycles. The van der Waals surface area contributed by atoms with Gasteiger partial charge in [0, 0.05) is 22.8 Å². The van der Waals surface area contributed by atoms with E-state index in [0.29, 0.717) is 5.69 Å². The van der Waals surface area contributed by atoms with Gasteiger partial charge in [-0.05, 0) is 48.2 Å². The molecular weight excluding hydrogens is 286 g/mol. The highest BCUT2D eigenvalue weighted by molar-refractivity contribution is 5.91. The van der Waals surface area contributed by atoms with Crippen molar-refractivity contribution in [1.82, 2.24) is 4.40 Å². The first-order valence-electron chi connectivity index (χ1n) is 7.98. The van der Waals surface area contributed by atoms with Gasteiger partial charge in [0.2, 0.25) is 0 Å². The molecule has 3 aromatic rings. The quantitative estimate of drug-likeness (QED) is 0.647. The van der Waals surface area contributed by atoms with E-state index in [1.807, 2.05) is 16.7 Å². The molecular formula is C20H21NO2. The molecule has 0 radical (unpaired) electrons. The number of carbonyl (C=O) groups excluding carboxylic acids is 1. The summed E-state index contributed by atoms with van der Waals surface area (Å²) >= 11 is 0. The van der Waals surface area contributed by atoms with E-state index in [4.69, 9.17) is 4.74 Å². The van der Waals surface area contributed by atoms with Crippen molar-refractivity contribution in [3.8, 4) is 16.9 Å². The molecule has 0 aliphatic carbocycles. The Labute approximate surface area is 136 Å². The van der Waals surface area contributed by atoms with Crippen molar-refractivity contribution in [3.05, 3.63) is 59.4 Å². The Balaban J connectivity index is 2.29. The number of carbonyl (C=O) groups is 1. The molecule has 0 aliphatic rings. The maximum atomic E-state index is 11.8. The third kappa shape index (κ3) is 2.63. The Bertz CT molecular complexity index is 861. The molecule has 118 valence electrons. The fraction of sp³-hybridized carbons (Fsp3) is 0.250. The van der Waals surface area contributed by atoms with Crippen LogP contribution < -0.4 is 4.74 Å². The minimum Gasteiger partial charge on any atom is -0.496 e. The van der Waals surface area contributed by atoms with Crippen LogP contribution in [0.4, 0.5) is 0 Å². The minimum absolute atomic E-state index is 0.668. The Hall–Kier alpha value is -2.55. The first kappa shape index (κ1) is 15.3. The molecule has 3 nitrogen and oxygen atoms in total. The van der Waals surface area contributed by atoms with Gasteiger partial charge in [0.25, 0.3) is 0 Å². The standard InChI is InChI=1S/C20H21NO2/c1-4-14-7-9-20(23-3)18(10-14)17-11-16-8-6-15(5-2)12-21(16)19(17)13-22/h6-13H,4-5H2,1-3H3. The largest absolute Gasteiger partial charge is 0.496 e. The number of rotatable bonds is 5. The Morgan fingerprint density at radius 1 is 1.00 bits per heavy atom. The van der Waals surface area contributed by atoms with Gasteiger partial charge in [0.1, 0.15) is 5.75 Å². The zero-order valence-electron chi connectivity index (χ0n) is 13.8. The third-order valence-corrected chi connectivity index (χ3v) is 4.35. The predicted octanol–water partition coefficient (Wildman–Crippen LogP) is 4.55. The van der Waals surface area contributed by atoms with Gasteiger partial charge in [-0.1, -0.05) is 26.0 Å². The zero-order valence-corrected chi connectivity index (χ0v) is 13.8. The summed E-state index contributed by atoms with van der Waals surface area (Å²) in [6, 6.07) is 12.4. The summed E-state index contributed by atoms with van der Waals surface area (Å²) in [5.74, 6) is 0.789. The lowest BCUT2D eigenvalue weighted by Gasteiger charge is -2.10. The number of nitrogens with zero attached hydrogens (tertiary/aromatic N) is 1. The van der Waals surface area contributed by atoms with E-state index in [2.05, 4.69) is 44.2 Å². The van der Waals surface area contributed by atoms with Gasteiger partial charge in [-0.25, -0.2) is 0 Å². The molecule has 0 fully saturated rings. The second-order valence-corrected chi connectivity index (χ2v) is 5.64. The number of benzene rings is 1. The molecule has 2 heterocycles. The maximum absolute atomic E-state index is 11.8. The highest BCUT2D eigenvalue weighted by atomic mass is 16.5. The number of fused-ring (bicyclic) bond motifs is 1. The van der Waals surface area contributed by atoms with Crippen molar-refractivity contribution in [3.63, 3.8) is 0 Å². The van der Waals surface area contributed by atoms with Crippen LogP contribution in [0.25, 0.3) is 16.6 Å². The van der Waals surface area contributed by atoms with Crippen LogP contribution in [-0.4, -0.2) is 17.8 Å². The van der Waals surface area contributed by atoms with E-state index < -0.39 is 0 Å². The average molecular weight is 307 g/mol. The molecule has 0 spiro atoms. The van der Waals surface area contributed by atoms with Gasteiger partial charge in [-0.2, -0.15) is 0 Å². The molecule has 2 aromatic heterocycles. The minimum atomic E-state index is 0.668. The molecule has 3 rings (SSSR count). The van der Waals surface area contributed by atoms with E-state index in [9.17, 15) is 4.79 Å². The van der Waals surface area contributed by atoms with Crippen molar-refractivity contribution in [1.29, 1.82) is 0 Å². The van der Waals surface area contributed by atoms with Crippen molar-refractivity contribution >= 4 is 11.8 Å². The van der Waals surface area contributed by atoms with Crippen LogP contribution in [0.1, 0.15) is 35.5 Å². The predicted molar refractivity (Wildman–Crippen MR) is 93.5 cm³/mol. The summed E-state index contributed by atoms with van der Waals surface area (Å²) in [6.45, 7) is 4.23. The Morgan fingerprint density at radius 2 is 1.74 bits per heavy atom. The number of pyridine rings is 1. The number of hydrogen-bond acceptors (Lipinski definition) is 2. The Kier molecular flexibility index (Phi) is 4.20. The summed E-state index contributed by atoms with van der Waals surface area (Å²) in [7, 11) is 1.66. The topological polar surface area (TPSA) is 30.7 Å². The van der Waals surface area contributed by atoms with Crippen LogP contribution in [0.5, 0.6) is 5.75 Å². The molecule has 0 aliphatic heterocycles. The van der Waals surface area contributed by atoms with Gasteiger partial charge >= 0.3 is 0 Å². The SMILES string of the molecule is CCc1ccc(OC)c(-c2cc3ccc(CC)cn3c2C=O)c1. The molecule has 1 aromatic carbocycles. The van der Waals surface area contributed by atoms with Gasteiger partial charge in [-0.15, -0.1) is 0 Å². The van der Waals surface area contributed by atoms with E-state index in [-0.39, 0.29) is 0 Å². The highest BCUT2D eigenvalue weighted by Gasteiger charge is 2.16. The number of aryl methyl sites for hydroxylation is 2. The summed E-state index contributed by atoms with van der Waals surface area (Å²) < 4.78 is 7.49. The summed E-state index contributed by atoms with van der Waals surface area (Å²) in [4.78, 5) is 11.8. The fourth-order valence-electron chi connectivity index (χ4n) is 2.96. The van der Waals surface area contributed by atoms with E-state index >= 15 is 0 Å². The van der Waals surface area contributed by atoms with Crippen LogP contribution in [0, 0.1) is 0 Å². The van der Waals surface area contributed by atoms with Crippen molar-refractivity contribution in [2.75, 3.05) is 7.11 Å². The molecule has 0 N–H and O–H groups in total. The lowest BCUT2D eigenvalue weighted by molar-refractivity contribution is 0.111. The third-order valence-electron chi connectivity index (χ3n) is 4.35. The summed E-state index contributed by atoms with van der Waals surface area (Å²) in [5.41, 5.74) is 6.00. The van der Waals surface area contributed by atoms with Crippen LogP contribution >= 0.6 is 0 Å². The monoisotopic (exact) mass is 307 g/mol. The summed E-state index contributed by atoms with van der Waals surface area (Å²) in [6.07, 6.45) is 4.86. The first-order valence-corrected chi connectivity index (χ1v) is 7.98. The second kappa shape index (κ2) is 6.29. The molecule has 0 unspecified atom stereocenters. The highest BCUT2D eigenvalue weighted by Crippen LogP contribution is 2.35. The van der Waals surface area contributed by atoms with Crippen LogP contribution in [-0.2, 0) is 12.8 Å². The number of aldehydes is 1. The van der Waals surface area contributed by atoms with E-state index in [1.54, 1.807) is 7.11 Å². The average Bonchev–Trinajstić information content (AvgIpc) is 2.98. The van der Waals surface area contributed by atoms with Crippen LogP contribution in [0.15, 0.2) is 42.6 Å². The molecule has 3 heteroatoms. The number of methoxy groups -OCH3 is 1. The Morgan fingerprint density at radius 3 is 2.39 bits per heavy atom. The smallest absolute Gasteiger partial charge is 0.167 e. The molecule has 0 saturated heterocycles. The fourth-order valence-corrected chi connectivity index (χ4v) is 2.96. The van der Waals surface area contributed by atoms with Gasteiger partial charge < -0.3 is 9.14 Å². The van der Waals surface area contributed by atoms with E-state index in [1.165, 1.54) is 11.1 Å². The van der Waals surface area contributed by atoms with Crippen LogP contribution in [0.2, 0.25) is 0 Å². The van der Waals surface area contributed by atoms with Crippen LogP contribution in [0.3, 0.4) is 0 Å². The molecule has 0 atom stereocenters. The van der Waals surface area contributed by atoms with Gasteiger partial charge in [0.15, 0.2) is 6.29 Å². The molecule has 0 amide bonds. The number of hydrogen-bond donors (Lipinski definition) is 0. The van der Waals surface area contributed by atoms with Crippen molar-refractivity contribution < 1.29 is 9.53 Å².